The van der Waals surface area contributed by atoms with Gasteiger partial charge in [-0.3, -0.25) is 0 Å². The SMILES string of the molecule is F[C@]1(c2cccc(Cl)c2)CCCC[C@H]1Br. The lowest BCUT2D eigenvalue weighted by atomic mass is 9.81. The van der Waals surface area contributed by atoms with Gasteiger partial charge in [-0.25, -0.2) is 4.39 Å². The Morgan fingerprint density at radius 1 is 1.40 bits per heavy atom. The molecular weight excluding hydrogens is 278 g/mol. The number of rotatable bonds is 1. The summed E-state index contributed by atoms with van der Waals surface area (Å²) >= 11 is 9.35. The molecule has 1 fully saturated rings. The fraction of sp³-hybridized carbons (Fsp3) is 0.500. The molecule has 0 radical (unpaired) electrons. The van der Waals surface area contributed by atoms with E-state index < -0.39 is 5.67 Å². The Balaban J connectivity index is 2.34. The highest BCUT2D eigenvalue weighted by Crippen LogP contribution is 2.45. The van der Waals surface area contributed by atoms with Gasteiger partial charge in [0.1, 0.15) is 5.67 Å². The molecule has 1 aliphatic carbocycles. The van der Waals surface area contributed by atoms with E-state index in [1.807, 2.05) is 12.1 Å². The summed E-state index contributed by atoms with van der Waals surface area (Å²) in [6.07, 6.45) is 3.53. The lowest BCUT2D eigenvalue weighted by molar-refractivity contribution is 0.117. The first-order valence-corrected chi connectivity index (χ1v) is 6.51. The van der Waals surface area contributed by atoms with Crippen LogP contribution in [0.5, 0.6) is 0 Å². The molecule has 82 valence electrons. The van der Waals surface area contributed by atoms with Crippen molar-refractivity contribution >= 4 is 27.5 Å². The van der Waals surface area contributed by atoms with E-state index in [9.17, 15) is 4.39 Å². The molecule has 0 N–H and O–H groups in total. The van der Waals surface area contributed by atoms with Gasteiger partial charge in [-0.05, 0) is 37.0 Å². The summed E-state index contributed by atoms with van der Waals surface area (Å²) in [6.45, 7) is 0. The molecule has 0 heterocycles. The number of hydrogen-bond acceptors (Lipinski definition) is 0. The third kappa shape index (κ3) is 2.21. The summed E-state index contributed by atoms with van der Waals surface area (Å²) in [5.74, 6) is 0. The van der Waals surface area contributed by atoms with Crippen LogP contribution in [0.15, 0.2) is 24.3 Å². The number of alkyl halides is 2. The van der Waals surface area contributed by atoms with E-state index in [-0.39, 0.29) is 4.83 Å². The number of benzene rings is 1. The van der Waals surface area contributed by atoms with Crippen LogP contribution in [0, 0.1) is 0 Å². The molecule has 0 bridgehead atoms. The molecule has 1 saturated carbocycles. The Kier molecular flexibility index (Phi) is 3.36. The average molecular weight is 292 g/mol. The van der Waals surface area contributed by atoms with Gasteiger partial charge in [0.15, 0.2) is 0 Å². The Morgan fingerprint density at radius 3 is 2.87 bits per heavy atom. The van der Waals surface area contributed by atoms with E-state index >= 15 is 0 Å². The van der Waals surface area contributed by atoms with E-state index in [1.165, 1.54) is 0 Å². The molecule has 0 spiro atoms. The number of halogens is 3. The normalized spacial score (nSPS) is 31.5. The maximum absolute atomic E-state index is 14.8. The fourth-order valence-electron chi connectivity index (χ4n) is 2.16. The smallest absolute Gasteiger partial charge is 0.148 e. The summed E-state index contributed by atoms with van der Waals surface area (Å²) in [4.78, 5) is -0.0859. The lowest BCUT2D eigenvalue weighted by Crippen LogP contribution is -2.34. The molecule has 2 rings (SSSR count). The largest absolute Gasteiger partial charge is 0.237 e. The maximum atomic E-state index is 14.8. The van der Waals surface area contributed by atoms with Crippen LogP contribution in [0.2, 0.25) is 5.02 Å². The summed E-state index contributed by atoms with van der Waals surface area (Å²) in [5.41, 5.74) is -0.542. The van der Waals surface area contributed by atoms with Crippen LogP contribution >= 0.6 is 27.5 Å². The molecule has 0 unspecified atom stereocenters. The van der Waals surface area contributed by atoms with Crippen molar-refractivity contribution in [1.82, 2.24) is 0 Å². The molecule has 0 nitrogen and oxygen atoms in total. The first kappa shape index (κ1) is 11.4. The molecule has 1 aliphatic rings. The van der Waals surface area contributed by atoms with Crippen LogP contribution in [-0.2, 0) is 5.67 Å². The zero-order chi connectivity index (χ0) is 10.9. The van der Waals surface area contributed by atoms with Crippen molar-refractivity contribution in [2.45, 2.75) is 36.2 Å². The Bertz CT molecular complexity index is 355. The number of hydrogen-bond donors (Lipinski definition) is 0. The van der Waals surface area contributed by atoms with Gasteiger partial charge in [-0.1, -0.05) is 46.1 Å². The minimum absolute atomic E-state index is 0.0859. The predicted octanol–water partition coefficient (Wildman–Crippen LogP) is 4.84. The predicted molar refractivity (Wildman–Crippen MR) is 65.4 cm³/mol. The standard InChI is InChI=1S/C12H13BrClF/c13-11-6-1-2-7-12(11,15)9-4-3-5-10(14)8-9/h3-5,8,11H,1-2,6-7H2/t11-,12+/m1/s1. The van der Waals surface area contributed by atoms with E-state index in [4.69, 9.17) is 11.6 Å². The van der Waals surface area contributed by atoms with Gasteiger partial charge >= 0.3 is 0 Å². The minimum atomic E-state index is -1.25. The molecule has 2 atom stereocenters. The van der Waals surface area contributed by atoms with Gasteiger partial charge in [0.25, 0.3) is 0 Å². The van der Waals surface area contributed by atoms with Crippen molar-refractivity contribution in [3.05, 3.63) is 34.9 Å². The van der Waals surface area contributed by atoms with E-state index in [2.05, 4.69) is 15.9 Å². The molecule has 1 aromatic rings. The maximum Gasteiger partial charge on any atom is 0.148 e. The molecule has 15 heavy (non-hydrogen) atoms. The second-order valence-corrected chi connectivity index (χ2v) is 5.63. The van der Waals surface area contributed by atoms with E-state index in [1.54, 1.807) is 12.1 Å². The summed E-state index contributed by atoms with van der Waals surface area (Å²) in [7, 11) is 0. The van der Waals surface area contributed by atoms with Crippen LogP contribution in [0.1, 0.15) is 31.2 Å². The van der Waals surface area contributed by atoms with Crippen LogP contribution < -0.4 is 0 Å². The van der Waals surface area contributed by atoms with Crippen LogP contribution in [0.4, 0.5) is 4.39 Å². The molecule has 0 amide bonds. The van der Waals surface area contributed by atoms with Crippen LogP contribution in [0.25, 0.3) is 0 Å². The monoisotopic (exact) mass is 290 g/mol. The van der Waals surface area contributed by atoms with Crippen molar-refractivity contribution < 1.29 is 4.39 Å². The summed E-state index contributed by atoms with van der Waals surface area (Å²) in [5, 5.41) is 0.606. The van der Waals surface area contributed by atoms with Gasteiger partial charge in [-0.2, -0.15) is 0 Å². The van der Waals surface area contributed by atoms with Gasteiger partial charge in [0.2, 0.25) is 0 Å². The molecule has 0 aliphatic heterocycles. The zero-order valence-electron chi connectivity index (χ0n) is 8.35. The Labute approximate surface area is 103 Å². The topological polar surface area (TPSA) is 0 Å². The lowest BCUT2D eigenvalue weighted by Gasteiger charge is -2.34. The summed E-state index contributed by atoms with van der Waals surface area (Å²) in [6, 6.07) is 7.15. The molecule has 0 aromatic heterocycles. The summed E-state index contributed by atoms with van der Waals surface area (Å²) < 4.78 is 14.8. The zero-order valence-corrected chi connectivity index (χ0v) is 10.7. The molecular formula is C12H13BrClF. The highest BCUT2D eigenvalue weighted by atomic mass is 79.9. The van der Waals surface area contributed by atoms with Crippen LogP contribution in [0.3, 0.4) is 0 Å². The Morgan fingerprint density at radius 2 is 2.20 bits per heavy atom. The first-order valence-electron chi connectivity index (χ1n) is 5.22. The molecule has 0 saturated heterocycles. The second kappa shape index (κ2) is 4.42. The van der Waals surface area contributed by atoms with E-state index in [0.717, 1.165) is 19.3 Å². The quantitative estimate of drug-likeness (QED) is 0.649. The first-order chi connectivity index (χ1) is 7.13. The van der Waals surface area contributed by atoms with Crippen molar-refractivity contribution in [3.63, 3.8) is 0 Å². The van der Waals surface area contributed by atoms with Crippen molar-refractivity contribution in [3.8, 4) is 0 Å². The van der Waals surface area contributed by atoms with Gasteiger partial charge in [-0.15, -0.1) is 0 Å². The third-order valence-corrected chi connectivity index (χ3v) is 4.47. The molecule has 3 heteroatoms. The van der Waals surface area contributed by atoms with Gasteiger partial charge in [0, 0.05) is 5.02 Å². The highest BCUT2D eigenvalue weighted by Gasteiger charge is 2.41. The second-order valence-electron chi connectivity index (χ2n) is 4.09. The van der Waals surface area contributed by atoms with Crippen molar-refractivity contribution in [2.75, 3.05) is 0 Å². The highest BCUT2D eigenvalue weighted by molar-refractivity contribution is 9.09. The fourth-order valence-corrected chi connectivity index (χ4v) is 3.17. The van der Waals surface area contributed by atoms with Crippen LogP contribution in [-0.4, -0.2) is 4.83 Å². The minimum Gasteiger partial charge on any atom is -0.237 e. The van der Waals surface area contributed by atoms with E-state index in [0.29, 0.717) is 17.0 Å². The third-order valence-electron chi connectivity index (χ3n) is 3.05. The van der Waals surface area contributed by atoms with Crippen molar-refractivity contribution in [1.29, 1.82) is 0 Å². The average Bonchev–Trinajstić information content (AvgIpc) is 2.23. The van der Waals surface area contributed by atoms with Gasteiger partial charge < -0.3 is 0 Å². The Hall–Kier alpha value is -0.0800. The van der Waals surface area contributed by atoms with Crippen molar-refractivity contribution in [2.24, 2.45) is 0 Å². The van der Waals surface area contributed by atoms with Gasteiger partial charge in [0.05, 0.1) is 4.83 Å². The molecule has 1 aromatic carbocycles.